The quantitative estimate of drug-likeness (QED) is 0.734. The maximum absolute atomic E-state index is 11.7. The van der Waals surface area contributed by atoms with Crippen molar-refractivity contribution in [3.8, 4) is 0 Å². The number of amides is 1. The first-order chi connectivity index (χ1) is 7.28. The molecule has 0 saturated heterocycles. The summed E-state index contributed by atoms with van der Waals surface area (Å²) in [6.07, 6.45) is 2.30. The van der Waals surface area contributed by atoms with Crippen molar-refractivity contribution in [1.29, 1.82) is 0 Å². The molecule has 0 fully saturated rings. The van der Waals surface area contributed by atoms with Gasteiger partial charge in [0.05, 0.1) is 6.61 Å². The Labute approximate surface area is 99.6 Å². The first kappa shape index (κ1) is 15.4. The Balaban J connectivity index is 4.17. The minimum Gasteiger partial charge on any atom is -0.396 e. The molecule has 0 aromatic rings. The van der Waals surface area contributed by atoms with Gasteiger partial charge in [-0.2, -0.15) is 0 Å². The Morgan fingerprint density at radius 3 is 2.00 bits per heavy atom. The predicted octanol–water partition coefficient (Wildman–Crippen LogP) is 2.34. The molecule has 0 saturated carbocycles. The lowest BCUT2D eigenvalue weighted by Crippen LogP contribution is -2.40. The van der Waals surface area contributed by atoms with Crippen LogP contribution in [0.4, 0.5) is 0 Å². The Bertz CT molecular complexity index is 206. The average molecular weight is 229 g/mol. The third-order valence-corrected chi connectivity index (χ3v) is 3.19. The van der Waals surface area contributed by atoms with Crippen LogP contribution in [0.15, 0.2) is 0 Å². The molecular formula is C13H27NO2. The minimum absolute atomic E-state index is 0.0182. The number of carbonyl (C=O) groups is 1. The van der Waals surface area contributed by atoms with E-state index in [1.54, 1.807) is 0 Å². The monoisotopic (exact) mass is 229 g/mol. The molecule has 16 heavy (non-hydrogen) atoms. The summed E-state index contributed by atoms with van der Waals surface area (Å²) < 4.78 is 0. The standard InChI is InChI=1S/C13H27NO2/c1-6-13(7-2,10-15)9-14-11(16)8-12(3,4)5/h15H,6-10H2,1-5H3,(H,14,16). The van der Waals surface area contributed by atoms with Crippen LogP contribution < -0.4 is 5.32 Å². The highest BCUT2D eigenvalue weighted by atomic mass is 16.3. The van der Waals surface area contributed by atoms with Gasteiger partial charge in [-0.25, -0.2) is 0 Å². The first-order valence-corrected chi connectivity index (χ1v) is 6.16. The molecular weight excluding hydrogens is 202 g/mol. The lowest BCUT2D eigenvalue weighted by molar-refractivity contribution is -0.123. The van der Waals surface area contributed by atoms with Crippen LogP contribution in [0.3, 0.4) is 0 Å². The maximum Gasteiger partial charge on any atom is 0.220 e. The number of aliphatic hydroxyl groups excluding tert-OH is 1. The fourth-order valence-electron chi connectivity index (χ4n) is 1.61. The fraction of sp³-hybridized carbons (Fsp3) is 0.923. The molecule has 3 heteroatoms. The number of nitrogens with one attached hydrogen (secondary N) is 1. The molecule has 0 aliphatic carbocycles. The molecule has 0 aromatic carbocycles. The third-order valence-electron chi connectivity index (χ3n) is 3.19. The van der Waals surface area contributed by atoms with E-state index in [-0.39, 0.29) is 23.3 Å². The van der Waals surface area contributed by atoms with Crippen molar-refractivity contribution in [2.24, 2.45) is 10.8 Å². The van der Waals surface area contributed by atoms with Gasteiger partial charge in [0, 0.05) is 18.4 Å². The molecule has 1 amide bonds. The van der Waals surface area contributed by atoms with Crippen LogP contribution in [-0.4, -0.2) is 24.2 Å². The van der Waals surface area contributed by atoms with Gasteiger partial charge in [0.25, 0.3) is 0 Å². The highest BCUT2D eigenvalue weighted by Gasteiger charge is 2.26. The minimum atomic E-state index is -0.145. The number of hydrogen-bond donors (Lipinski definition) is 2. The molecule has 2 N–H and O–H groups in total. The molecule has 0 atom stereocenters. The fourth-order valence-corrected chi connectivity index (χ4v) is 1.61. The SMILES string of the molecule is CCC(CC)(CO)CNC(=O)CC(C)(C)C. The molecule has 0 aliphatic rings. The van der Waals surface area contributed by atoms with E-state index in [0.29, 0.717) is 13.0 Å². The van der Waals surface area contributed by atoms with Crippen LogP contribution >= 0.6 is 0 Å². The molecule has 0 heterocycles. The second-order valence-electron chi connectivity index (χ2n) is 5.88. The van der Waals surface area contributed by atoms with Crippen LogP contribution in [-0.2, 0) is 4.79 Å². The number of aliphatic hydroxyl groups is 1. The third kappa shape index (κ3) is 5.50. The summed E-state index contributed by atoms with van der Waals surface area (Å²) in [6, 6.07) is 0. The highest BCUT2D eigenvalue weighted by Crippen LogP contribution is 2.25. The van der Waals surface area contributed by atoms with Crippen molar-refractivity contribution in [2.45, 2.75) is 53.9 Å². The van der Waals surface area contributed by atoms with E-state index in [4.69, 9.17) is 0 Å². The number of rotatable bonds is 6. The molecule has 0 aromatic heterocycles. The maximum atomic E-state index is 11.7. The second-order valence-corrected chi connectivity index (χ2v) is 5.88. The Morgan fingerprint density at radius 1 is 1.19 bits per heavy atom. The van der Waals surface area contributed by atoms with Crippen molar-refractivity contribution >= 4 is 5.91 Å². The Hall–Kier alpha value is -0.570. The van der Waals surface area contributed by atoms with Crippen LogP contribution in [0.25, 0.3) is 0 Å². The Morgan fingerprint density at radius 2 is 1.69 bits per heavy atom. The largest absolute Gasteiger partial charge is 0.396 e. The molecule has 0 spiro atoms. The smallest absolute Gasteiger partial charge is 0.220 e. The van der Waals surface area contributed by atoms with Gasteiger partial charge in [-0.3, -0.25) is 4.79 Å². The van der Waals surface area contributed by atoms with E-state index < -0.39 is 0 Å². The van der Waals surface area contributed by atoms with Gasteiger partial charge < -0.3 is 10.4 Å². The molecule has 0 unspecified atom stereocenters. The van der Waals surface area contributed by atoms with Gasteiger partial charge in [0.2, 0.25) is 5.91 Å². The number of carbonyl (C=O) groups excluding carboxylic acids is 1. The lowest BCUT2D eigenvalue weighted by Gasteiger charge is -2.30. The average Bonchev–Trinajstić information content (AvgIpc) is 2.18. The normalized spacial score (nSPS) is 12.6. The molecule has 0 rings (SSSR count). The van der Waals surface area contributed by atoms with E-state index in [1.165, 1.54) is 0 Å². The summed E-state index contributed by atoms with van der Waals surface area (Å²) in [5.74, 6) is 0.0761. The zero-order valence-electron chi connectivity index (χ0n) is 11.4. The van der Waals surface area contributed by atoms with Crippen molar-refractivity contribution < 1.29 is 9.90 Å². The molecule has 96 valence electrons. The summed E-state index contributed by atoms with van der Waals surface area (Å²) in [5.41, 5.74) is -0.127. The van der Waals surface area contributed by atoms with E-state index in [0.717, 1.165) is 12.8 Å². The summed E-state index contributed by atoms with van der Waals surface area (Å²) in [6.45, 7) is 11.0. The van der Waals surface area contributed by atoms with Crippen LogP contribution in [0.2, 0.25) is 0 Å². The van der Waals surface area contributed by atoms with E-state index >= 15 is 0 Å². The predicted molar refractivity (Wildman–Crippen MR) is 67.2 cm³/mol. The topological polar surface area (TPSA) is 49.3 Å². The van der Waals surface area contributed by atoms with Gasteiger partial charge in [0.15, 0.2) is 0 Å². The van der Waals surface area contributed by atoms with E-state index in [2.05, 4.69) is 19.2 Å². The molecule has 0 aliphatic heterocycles. The van der Waals surface area contributed by atoms with Gasteiger partial charge in [-0.15, -0.1) is 0 Å². The van der Waals surface area contributed by atoms with E-state index in [1.807, 2.05) is 20.8 Å². The summed E-state index contributed by atoms with van der Waals surface area (Å²) in [5, 5.41) is 12.3. The second kappa shape index (κ2) is 6.24. The van der Waals surface area contributed by atoms with Crippen molar-refractivity contribution in [3.63, 3.8) is 0 Å². The zero-order valence-corrected chi connectivity index (χ0v) is 11.4. The lowest BCUT2D eigenvalue weighted by atomic mass is 9.83. The molecule has 0 bridgehead atoms. The molecule has 3 nitrogen and oxygen atoms in total. The van der Waals surface area contributed by atoms with Crippen LogP contribution in [0, 0.1) is 10.8 Å². The number of hydrogen-bond acceptors (Lipinski definition) is 2. The van der Waals surface area contributed by atoms with Gasteiger partial charge in [-0.05, 0) is 18.3 Å². The Kier molecular flexibility index (Phi) is 6.01. The van der Waals surface area contributed by atoms with Crippen molar-refractivity contribution in [1.82, 2.24) is 5.32 Å². The summed E-state index contributed by atoms with van der Waals surface area (Å²) >= 11 is 0. The first-order valence-electron chi connectivity index (χ1n) is 6.16. The van der Waals surface area contributed by atoms with Crippen molar-refractivity contribution in [3.05, 3.63) is 0 Å². The zero-order chi connectivity index (χ0) is 12.8. The summed E-state index contributed by atoms with van der Waals surface area (Å²) in [7, 11) is 0. The van der Waals surface area contributed by atoms with Gasteiger partial charge in [-0.1, -0.05) is 34.6 Å². The summed E-state index contributed by atoms with van der Waals surface area (Å²) in [4.78, 5) is 11.7. The van der Waals surface area contributed by atoms with Crippen molar-refractivity contribution in [2.75, 3.05) is 13.2 Å². The van der Waals surface area contributed by atoms with Gasteiger partial charge >= 0.3 is 0 Å². The van der Waals surface area contributed by atoms with Crippen LogP contribution in [0.5, 0.6) is 0 Å². The van der Waals surface area contributed by atoms with Gasteiger partial charge in [0.1, 0.15) is 0 Å². The molecule has 0 radical (unpaired) electrons. The van der Waals surface area contributed by atoms with Crippen LogP contribution in [0.1, 0.15) is 53.9 Å². The van der Waals surface area contributed by atoms with E-state index in [9.17, 15) is 9.90 Å². The highest BCUT2D eigenvalue weighted by molar-refractivity contribution is 5.76.